The van der Waals surface area contributed by atoms with Crippen LogP contribution in [0.2, 0.25) is 5.02 Å². The summed E-state index contributed by atoms with van der Waals surface area (Å²) in [5.41, 5.74) is 2.12. The van der Waals surface area contributed by atoms with Crippen molar-refractivity contribution in [2.24, 2.45) is 0 Å². The van der Waals surface area contributed by atoms with Gasteiger partial charge in [-0.3, -0.25) is 9.78 Å². The molecule has 12 heteroatoms. The Morgan fingerprint density at radius 2 is 2.18 bits per heavy atom. The van der Waals surface area contributed by atoms with Crippen LogP contribution in [0.3, 0.4) is 0 Å². The Morgan fingerprint density at radius 1 is 1.37 bits per heavy atom. The zero-order valence-corrected chi connectivity index (χ0v) is 22.6. The molecule has 1 saturated heterocycles. The van der Waals surface area contributed by atoms with Gasteiger partial charge in [-0.05, 0) is 31.5 Å². The van der Waals surface area contributed by atoms with E-state index in [0.717, 1.165) is 0 Å². The highest BCUT2D eigenvalue weighted by Gasteiger charge is 2.43. The molecular weight excluding hydrogens is 538 g/mol. The lowest BCUT2D eigenvalue weighted by Gasteiger charge is -2.31. The number of carbonyl (C=O) groups excluding carboxylic acids is 1. The number of carbonyl (C=O) groups is 1. The normalized spacial score (nSPS) is 20.9. The fraction of sp³-hybridized carbons (Fsp3) is 0.423. The van der Waals surface area contributed by atoms with E-state index in [1.165, 1.54) is 13.3 Å². The molecular formula is C26H29ClF2N4O4S. The molecule has 8 nitrogen and oxygen atoms in total. The van der Waals surface area contributed by atoms with Gasteiger partial charge in [0, 0.05) is 49.5 Å². The number of halogens is 3. The summed E-state index contributed by atoms with van der Waals surface area (Å²) in [5.74, 6) is -2.52. The van der Waals surface area contributed by atoms with Crippen molar-refractivity contribution in [3.63, 3.8) is 0 Å². The second-order valence-corrected chi connectivity index (χ2v) is 9.89. The van der Waals surface area contributed by atoms with Crippen molar-refractivity contribution in [2.75, 3.05) is 25.6 Å². The van der Waals surface area contributed by atoms with Crippen LogP contribution in [0, 0.1) is 0 Å². The van der Waals surface area contributed by atoms with Crippen LogP contribution in [0.5, 0.6) is 11.5 Å². The number of hydrogen-bond donors (Lipinski definition) is 3. The number of hydrogen-bond acceptors (Lipinski definition) is 7. The van der Waals surface area contributed by atoms with Gasteiger partial charge in [0.25, 0.3) is 11.8 Å². The molecule has 1 amide bonds. The maximum absolute atomic E-state index is 14.2. The Bertz CT molecular complexity index is 1230. The first kappa shape index (κ1) is 28.0. The van der Waals surface area contributed by atoms with Crippen molar-refractivity contribution < 1.29 is 27.8 Å². The Kier molecular flexibility index (Phi) is 9.01. The number of nitrogens with one attached hydrogen (secondary N) is 3. The molecule has 3 N–H and O–H groups in total. The summed E-state index contributed by atoms with van der Waals surface area (Å²) >= 11 is 11.8. The number of nitrogens with zero attached hydrogens (tertiary/aromatic N) is 1. The van der Waals surface area contributed by atoms with E-state index in [1.807, 2.05) is 6.92 Å². The first-order valence-corrected chi connectivity index (χ1v) is 12.9. The Hall–Kier alpha value is -3.02. The quantitative estimate of drug-likeness (QED) is 0.378. The van der Waals surface area contributed by atoms with Crippen molar-refractivity contribution in [3.05, 3.63) is 58.5 Å². The molecule has 2 unspecified atom stereocenters. The van der Waals surface area contributed by atoms with Crippen LogP contribution in [0.25, 0.3) is 0 Å². The van der Waals surface area contributed by atoms with Crippen molar-refractivity contribution >= 4 is 40.4 Å². The van der Waals surface area contributed by atoms with Gasteiger partial charge < -0.3 is 30.2 Å². The van der Waals surface area contributed by atoms with E-state index in [9.17, 15) is 13.6 Å². The van der Waals surface area contributed by atoms with Crippen molar-refractivity contribution in [3.8, 4) is 11.5 Å². The van der Waals surface area contributed by atoms with Gasteiger partial charge in [0.05, 0.1) is 29.6 Å². The maximum Gasteiger partial charge on any atom is 0.277 e. The van der Waals surface area contributed by atoms with Crippen molar-refractivity contribution in [1.82, 2.24) is 15.6 Å². The number of anilines is 1. The van der Waals surface area contributed by atoms with E-state index < -0.39 is 12.0 Å². The van der Waals surface area contributed by atoms with Gasteiger partial charge in [-0.1, -0.05) is 29.9 Å². The molecule has 0 spiro atoms. The summed E-state index contributed by atoms with van der Waals surface area (Å²) in [5, 5.41) is 9.66. The van der Waals surface area contributed by atoms with Crippen LogP contribution in [0.1, 0.15) is 31.7 Å². The predicted octanol–water partition coefficient (Wildman–Crippen LogP) is 4.63. The average Bonchev–Trinajstić information content (AvgIpc) is 2.87. The van der Waals surface area contributed by atoms with Crippen LogP contribution >= 0.6 is 23.8 Å². The summed E-state index contributed by atoms with van der Waals surface area (Å²) in [6, 6.07) is 6.77. The van der Waals surface area contributed by atoms with Crippen LogP contribution in [0.15, 0.2) is 47.9 Å². The van der Waals surface area contributed by atoms with Crippen LogP contribution in [-0.2, 0) is 16.1 Å². The van der Waals surface area contributed by atoms with Gasteiger partial charge in [0.1, 0.15) is 17.3 Å². The maximum atomic E-state index is 14.2. The highest BCUT2D eigenvalue weighted by Crippen LogP contribution is 2.34. The molecule has 1 aromatic carbocycles. The first-order chi connectivity index (χ1) is 18.2. The van der Waals surface area contributed by atoms with Gasteiger partial charge in [-0.25, -0.2) is 8.78 Å². The molecule has 2 atom stereocenters. The topological polar surface area (TPSA) is 93.7 Å². The molecule has 3 heterocycles. The highest BCUT2D eigenvalue weighted by molar-refractivity contribution is 7.81. The third-order valence-electron chi connectivity index (χ3n) is 6.26. The zero-order chi connectivity index (χ0) is 27.3. The average molecular weight is 567 g/mol. The Balaban J connectivity index is 1.51. The summed E-state index contributed by atoms with van der Waals surface area (Å²) in [7, 11) is 1.49. The van der Waals surface area contributed by atoms with E-state index in [1.54, 1.807) is 30.5 Å². The zero-order valence-electron chi connectivity index (χ0n) is 21.0. The molecule has 0 radical (unpaired) electrons. The van der Waals surface area contributed by atoms with Gasteiger partial charge in [0.2, 0.25) is 0 Å². The van der Waals surface area contributed by atoms with Gasteiger partial charge in [-0.15, -0.1) is 0 Å². The number of alkyl halides is 2. The predicted molar refractivity (Wildman–Crippen MR) is 144 cm³/mol. The second kappa shape index (κ2) is 12.2. The summed E-state index contributed by atoms with van der Waals surface area (Å²) in [6.07, 6.45) is 2.32. The lowest BCUT2D eigenvalue weighted by Crippen LogP contribution is -2.44. The van der Waals surface area contributed by atoms with Crippen molar-refractivity contribution in [2.45, 2.75) is 50.8 Å². The second-order valence-electron chi connectivity index (χ2n) is 9.08. The van der Waals surface area contributed by atoms with E-state index in [0.29, 0.717) is 46.3 Å². The molecule has 204 valence electrons. The third kappa shape index (κ3) is 6.51. The number of thiocarbonyl (C=S) groups is 1. The number of aromatic nitrogens is 1. The molecule has 2 aromatic rings. The highest BCUT2D eigenvalue weighted by atomic mass is 35.5. The largest absolute Gasteiger partial charge is 0.493 e. The molecule has 2 aliphatic heterocycles. The molecule has 4 rings (SSSR count). The lowest BCUT2D eigenvalue weighted by molar-refractivity contribution is -0.180. The summed E-state index contributed by atoms with van der Waals surface area (Å²) in [6.45, 7) is 2.12. The number of rotatable bonds is 9. The molecule has 0 saturated carbocycles. The SMILES string of the molecule is COc1c(Cl)cccc1NC(=S)C1=C(NCc2ccncc2OCC2OCCCC2(F)F)CC(C)NC1=O. The molecule has 1 aromatic heterocycles. The van der Waals surface area contributed by atoms with Gasteiger partial charge in [-0.2, -0.15) is 0 Å². The van der Waals surface area contributed by atoms with Gasteiger partial charge in [0.15, 0.2) is 11.9 Å². The fourth-order valence-electron chi connectivity index (χ4n) is 4.33. The smallest absolute Gasteiger partial charge is 0.277 e. The van der Waals surface area contributed by atoms with Crippen molar-refractivity contribution in [1.29, 1.82) is 0 Å². The fourth-order valence-corrected chi connectivity index (χ4v) is 4.91. The molecule has 1 fully saturated rings. The number of benzene rings is 1. The number of ether oxygens (including phenoxy) is 3. The molecule has 2 aliphatic rings. The third-order valence-corrected chi connectivity index (χ3v) is 6.86. The minimum absolute atomic E-state index is 0.129. The van der Waals surface area contributed by atoms with Crippen LogP contribution in [0.4, 0.5) is 14.5 Å². The Morgan fingerprint density at radius 3 is 2.95 bits per heavy atom. The number of para-hydroxylation sites is 1. The van der Waals surface area contributed by atoms with E-state index in [4.69, 9.17) is 38.0 Å². The van der Waals surface area contributed by atoms with Gasteiger partial charge >= 0.3 is 0 Å². The first-order valence-electron chi connectivity index (χ1n) is 12.2. The number of amides is 1. The number of pyridine rings is 1. The standard InChI is InChI=1S/C26H29ClF2N4O4S/c1-15-11-19(22(24(34)32-15)25(38)33-18-6-3-5-17(27)23(18)35-2)31-12-16-7-9-30-13-20(16)37-14-21-26(28,29)8-4-10-36-21/h3,5-7,9,13,15,21,31H,4,8,10-12,14H2,1-2H3,(H,32,34)(H,33,38). The summed E-state index contributed by atoms with van der Waals surface area (Å²) < 4.78 is 44.7. The minimum Gasteiger partial charge on any atom is -0.493 e. The summed E-state index contributed by atoms with van der Waals surface area (Å²) in [4.78, 5) is 17.2. The lowest BCUT2D eigenvalue weighted by atomic mass is 10.0. The Labute approximate surface area is 230 Å². The number of methoxy groups -OCH3 is 1. The van der Waals surface area contributed by atoms with Crippen LogP contribution in [-0.4, -0.2) is 54.3 Å². The van der Waals surface area contributed by atoms with E-state index >= 15 is 0 Å². The molecule has 38 heavy (non-hydrogen) atoms. The molecule has 0 bridgehead atoms. The van der Waals surface area contributed by atoms with Crippen LogP contribution < -0.4 is 25.4 Å². The molecule has 0 aliphatic carbocycles. The van der Waals surface area contributed by atoms with E-state index in [2.05, 4.69) is 20.9 Å². The van der Waals surface area contributed by atoms with E-state index in [-0.39, 0.29) is 48.7 Å². The minimum atomic E-state index is -2.95. The monoisotopic (exact) mass is 566 g/mol.